The average molecular weight is 272 g/mol. The maximum atomic E-state index is 3.61. The first-order valence-electron chi connectivity index (χ1n) is 8.28. The zero-order chi connectivity index (χ0) is 13.9. The molecule has 3 rings (SSSR count). The molecule has 1 aromatic carbocycles. The molecule has 1 N–H and O–H groups in total. The molecule has 1 saturated carbocycles. The smallest absolute Gasteiger partial charge is 0.0478 e. The van der Waals surface area contributed by atoms with E-state index in [-0.39, 0.29) is 0 Å². The molecule has 0 spiro atoms. The Morgan fingerprint density at radius 1 is 1.05 bits per heavy atom. The lowest BCUT2D eigenvalue weighted by Gasteiger charge is -2.38. The molecule has 0 amide bonds. The Kier molecular flexibility index (Phi) is 4.42. The van der Waals surface area contributed by atoms with Gasteiger partial charge in [0.05, 0.1) is 0 Å². The summed E-state index contributed by atoms with van der Waals surface area (Å²) in [6.07, 6.45) is 9.49. The first-order chi connectivity index (χ1) is 9.81. The van der Waals surface area contributed by atoms with E-state index in [1.54, 1.807) is 5.56 Å². The van der Waals surface area contributed by atoms with Crippen LogP contribution in [-0.2, 0) is 6.42 Å². The molecule has 0 aliphatic heterocycles. The summed E-state index contributed by atoms with van der Waals surface area (Å²) >= 11 is 0. The highest BCUT2D eigenvalue weighted by Crippen LogP contribution is 2.34. The van der Waals surface area contributed by atoms with Gasteiger partial charge >= 0.3 is 0 Å². The Balaban J connectivity index is 1.86. The van der Waals surface area contributed by atoms with Gasteiger partial charge in [-0.2, -0.15) is 0 Å². The van der Waals surface area contributed by atoms with Crippen molar-refractivity contribution in [3.05, 3.63) is 35.4 Å². The SMILES string of the molecule is CNC1c2ccccc2CCCC1N(C)C1CCCC1. The van der Waals surface area contributed by atoms with E-state index in [4.69, 9.17) is 0 Å². The molecule has 0 radical (unpaired) electrons. The first-order valence-corrected chi connectivity index (χ1v) is 8.28. The highest BCUT2D eigenvalue weighted by molar-refractivity contribution is 5.32. The lowest BCUT2D eigenvalue weighted by atomic mass is 9.94. The Hall–Kier alpha value is -0.860. The molecule has 2 heteroatoms. The van der Waals surface area contributed by atoms with Crippen molar-refractivity contribution in [1.82, 2.24) is 10.2 Å². The lowest BCUT2D eigenvalue weighted by molar-refractivity contribution is 0.134. The van der Waals surface area contributed by atoms with Crippen molar-refractivity contribution < 1.29 is 0 Å². The summed E-state index contributed by atoms with van der Waals surface area (Å²) in [5.74, 6) is 0. The second-order valence-electron chi connectivity index (χ2n) is 6.53. The van der Waals surface area contributed by atoms with E-state index in [1.807, 2.05) is 0 Å². The van der Waals surface area contributed by atoms with E-state index >= 15 is 0 Å². The zero-order valence-corrected chi connectivity index (χ0v) is 12.9. The number of aryl methyl sites for hydroxylation is 1. The van der Waals surface area contributed by atoms with Crippen molar-refractivity contribution in [2.45, 2.75) is 63.1 Å². The van der Waals surface area contributed by atoms with Crippen LogP contribution in [0.15, 0.2) is 24.3 Å². The summed E-state index contributed by atoms with van der Waals surface area (Å²) in [4.78, 5) is 2.69. The maximum absolute atomic E-state index is 3.61. The van der Waals surface area contributed by atoms with Crippen LogP contribution < -0.4 is 5.32 Å². The highest BCUT2D eigenvalue weighted by Gasteiger charge is 2.33. The fourth-order valence-electron chi connectivity index (χ4n) is 4.31. The Morgan fingerprint density at radius 2 is 1.80 bits per heavy atom. The lowest BCUT2D eigenvalue weighted by Crippen LogP contribution is -2.45. The summed E-state index contributed by atoms with van der Waals surface area (Å²) in [5.41, 5.74) is 3.08. The number of likely N-dealkylation sites (N-methyl/N-ethyl adjacent to an activating group) is 2. The molecule has 2 nitrogen and oxygen atoms in total. The normalized spacial score (nSPS) is 27.6. The number of hydrogen-bond donors (Lipinski definition) is 1. The number of nitrogens with zero attached hydrogens (tertiary/aromatic N) is 1. The quantitative estimate of drug-likeness (QED) is 0.847. The summed E-state index contributed by atoms with van der Waals surface area (Å²) < 4.78 is 0. The topological polar surface area (TPSA) is 15.3 Å². The fraction of sp³-hybridized carbons (Fsp3) is 0.667. The van der Waals surface area contributed by atoms with E-state index in [9.17, 15) is 0 Å². The van der Waals surface area contributed by atoms with Gasteiger partial charge in [0.15, 0.2) is 0 Å². The van der Waals surface area contributed by atoms with Gasteiger partial charge in [0.25, 0.3) is 0 Å². The van der Waals surface area contributed by atoms with Crippen LogP contribution in [0.3, 0.4) is 0 Å². The van der Waals surface area contributed by atoms with Gasteiger partial charge in [-0.1, -0.05) is 37.1 Å². The first kappa shape index (κ1) is 14.1. The summed E-state index contributed by atoms with van der Waals surface area (Å²) in [5, 5.41) is 3.61. The molecule has 110 valence electrons. The van der Waals surface area contributed by atoms with E-state index < -0.39 is 0 Å². The van der Waals surface area contributed by atoms with Crippen LogP contribution in [-0.4, -0.2) is 31.1 Å². The Bertz CT molecular complexity index is 437. The molecule has 0 bridgehead atoms. The van der Waals surface area contributed by atoms with Crippen molar-refractivity contribution >= 4 is 0 Å². The van der Waals surface area contributed by atoms with E-state index in [0.29, 0.717) is 12.1 Å². The predicted molar refractivity (Wildman–Crippen MR) is 85.0 cm³/mol. The second kappa shape index (κ2) is 6.28. The fourth-order valence-corrected chi connectivity index (χ4v) is 4.31. The molecule has 2 unspecified atom stereocenters. The second-order valence-corrected chi connectivity index (χ2v) is 6.53. The van der Waals surface area contributed by atoms with Crippen molar-refractivity contribution in [2.75, 3.05) is 14.1 Å². The van der Waals surface area contributed by atoms with Crippen LogP contribution in [0, 0.1) is 0 Å². The molecule has 0 heterocycles. The summed E-state index contributed by atoms with van der Waals surface area (Å²) in [6, 6.07) is 11.0. The van der Waals surface area contributed by atoms with Crippen molar-refractivity contribution in [3.8, 4) is 0 Å². The van der Waals surface area contributed by atoms with E-state index in [0.717, 1.165) is 6.04 Å². The molecular weight excluding hydrogens is 244 g/mol. The molecule has 2 atom stereocenters. The minimum atomic E-state index is 0.485. The molecule has 2 aliphatic rings. The van der Waals surface area contributed by atoms with Crippen LogP contribution in [0.4, 0.5) is 0 Å². The molecule has 0 aromatic heterocycles. The van der Waals surface area contributed by atoms with Crippen molar-refractivity contribution in [1.29, 1.82) is 0 Å². The minimum Gasteiger partial charge on any atom is -0.312 e. The van der Waals surface area contributed by atoms with Crippen LogP contribution in [0.25, 0.3) is 0 Å². The third kappa shape index (κ3) is 2.64. The van der Waals surface area contributed by atoms with Crippen molar-refractivity contribution in [3.63, 3.8) is 0 Å². The van der Waals surface area contributed by atoms with Gasteiger partial charge in [-0.15, -0.1) is 0 Å². The monoisotopic (exact) mass is 272 g/mol. The molecule has 2 aliphatic carbocycles. The van der Waals surface area contributed by atoms with Crippen LogP contribution in [0.5, 0.6) is 0 Å². The molecule has 1 aromatic rings. The van der Waals surface area contributed by atoms with Gasteiger partial charge in [-0.25, -0.2) is 0 Å². The number of benzene rings is 1. The highest BCUT2D eigenvalue weighted by atomic mass is 15.2. The Morgan fingerprint density at radius 3 is 2.55 bits per heavy atom. The van der Waals surface area contributed by atoms with Gasteiger partial charge < -0.3 is 5.32 Å². The third-order valence-electron chi connectivity index (χ3n) is 5.46. The van der Waals surface area contributed by atoms with E-state index in [1.165, 1.54) is 50.5 Å². The molecule has 1 fully saturated rings. The van der Waals surface area contributed by atoms with Gasteiger partial charge in [-0.3, -0.25) is 4.90 Å². The number of fused-ring (bicyclic) bond motifs is 1. The number of nitrogens with one attached hydrogen (secondary N) is 1. The Labute approximate surface area is 123 Å². The van der Waals surface area contributed by atoms with Crippen molar-refractivity contribution in [2.24, 2.45) is 0 Å². The van der Waals surface area contributed by atoms with Gasteiger partial charge in [-0.05, 0) is 57.3 Å². The van der Waals surface area contributed by atoms with Crippen LogP contribution in [0.2, 0.25) is 0 Å². The third-order valence-corrected chi connectivity index (χ3v) is 5.46. The van der Waals surface area contributed by atoms with Gasteiger partial charge in [0, 0.05) is 18.1 Å². The number of rotatable bonds is 3. The predicted octanol–water partition coefficient (Wildman–Crippen LogP) is 3.53. The van der Waals surface area contributed by atoms with Crippen LogP contribution >= 0.6 is 0 Å². The molecule has 20 heavy (non-hydrogen) atoms. The van der Waals surface area contributed by atoms with E-state index in [2.05, 4.69) is 48.6 Å². The van der Waals surface area contributed by atoms with Crippen LogP contribution in [0.1, 0.15) is 55.7 Å². The average Bonchev–Trinajstić information content (AvgIpc) is 2.94. The zero-order valence-electron chi connectivity index (χ0n) is 12.9. The van der Waals surface area contributed by atoms with Gasteiger partial charge in [0.2, 0.25) is 0 Å². The molecule has 0 saturated heterocycles. The largest absolute Gasteiger partial charge is 0.312 e. The molecular formula is C18H28N2. The number of hydrogen-bond acceptors (Lipinski definition) is 2. The standard InChI is InChI=1S/C18H28N2/c1-19-18-16-12-6-3-8-14(16)9-7-13-17(18)20(2)15-10-4-5-11-15/h3,6,8,12,15,17-19H,4-5,7,9-11,13H2,1-2H3. The maximum Gasteiger partial charge on any atom is 0.0478 e. The summed E-state index contributed by atoms with van der Waals surface area (Å²) in [6.45, 7) is 0. The van der Waals surface area contributed by atoms with Gasteiger partial charge in [0.1, 0.15) is 0 Å². The summed E-state index contributed by atoms with van der Waals surface area (Å²) in [7, 11) is 4.49. The minimum absolute atomic E-state index is 0.485.